The van der Waals surface area contributed by atoms with E-state index in [-0.39, 0.29) is 11.1 Å². The van der Waals surface area contributed by atoms with E-state index in [4.69, 9.17) is 5.11 Å². The maximum Gasteiger partial charge on any atom is 0.335 e. The Labute approximate surface area is 110 Å². The van der Waals surface area contributed by atoms with E-state index in [1.807, 2.05) is 20.0 Å². The van der Waals surface area contributed by atoms with Crippen molar-refractivity contribution >= 4 is 5.97 Å². The fourth-order valence-corrected chi connectivity index (χ4v) is 2.01. The van der Waals surface area contributed by atoms with E-state index in [2.05, 4.69) is 0 Å². The molecule has 2 aromatic rings. The predicted octanol–water partition coefficient (Wildman–Crippen LogP) is 2.54. The van der Waals surface area contributed by atoms with Gasteiger partial charge in [-0.3, -0.25) is 4.79 Å². The zero-order chi connectivity index (χ0) is 14.0. The van der Waals surface area contributed by atoms with Gasteiger partial charge in [0.05, 0.1) is 5.56 Å². The Morgan fingerprint density at radius 2 is 1.89 bits per heavy atom. The normalized spacial score (nSPS) is 10.4. The van der Waals surface area contributed by atoms with Crippen LogP contribution < -0.4 is 5.56 Å². The van der Waals surface area contributed by atoms with E-state index in [0.717, 1.165) is 16.7 Å². The molecule has 0 unspecified atom stereocenters. The number of aryl methyl sites for hydroxylation is 2. The largest absolute Gasteiger partial charge is 0.478 e. The number of carboxylic acids is 1. The number of hydrogen-bond acceptors (Lipinski definition) is 2. The van der Waals surface area contributed by atoms with Gasteiger partial charge < -0.3 is 9.67 Å². The monoisotopic (exact) mass is 257 g/mol. The summed E-state index contributed by atoms with van der Waals surface area (Å²) in [6, 6.07) is 8.26. The Bertz CT molecular complexity index is 669. The molecule has 1 N–H and O–H groups in total. The second-order valence-electron chi connectivity index (χ2n) is 4.38. The third-order valence-electron chi connectivity index (χ3n) is 3.12. The number of rotatable bonds is 3. The van der Waals surface area contributed by atoms with Gasteiger partial charge >= 0.3 is 5.97 Å². The molecule has 0 aliphatic heterocycles. The molecule has 0 bridgehead atoms. The van der Waals surface area contributed by atoms with Crippen LogP contribution in [0.3, 0.4) is 0 Å². The predicted molar refractivity (Wildman–Crippen MR) is 73.5 cm³/mol. The van der Waals surface area contributed by atoms with E-state index in [9.17, 15) is 9.59 Å². The molecular weight excluding hydrogens is 242 g/mol. The summed E-state index contributed by atoms with van der Waals surface area (Å²) in [5, 5.41) is 8.87. The molecule has 4 nitrogen and oxygen atoms in total. The van der Waals surface area contributed by atoms with Crippen LogP contribution in [-0.4, -0.2) is 15.6 Å². The lowest BCUT2D eigenvalue weighted by molar-refractivity contribution is 0.0697. The Morgan fingerprint density at radius 3 is 2.42 bits per heavy atom. The van der Waals surface area contributed by atoms with Gasteiger partial charge in [0.25, 0.3) is 5.56 Å². The average molecular weight is 257 g/mol. The van der Waals surface area contributed by atoms with Gasteiger partial charge in [-0.15, -0.1) is 0 Å². The van der Waals surface area contributed by atoms with Crippen LogP contribution in [0.15, 0.2) is 41.3 Å². The quantitative estimate of drug-likeness (QED) is 0.919. The lowest BCUT2D eigenvalue weighted by Crippen LogP contribution is -2.18. The van der Waals surface area contributed by atoms with Gasteiger partial charge in [-0.2, -0.15) is 0 Å². The second-order valence-corrected chi connectivity index (χ2v) is 4.38. The molecule has 0 amide bonds. The first-order valence-electron chi connectivity index (χ1n) is 6.07. The molecule has 0 saturated heterocycles. The van der Waals surface area contributed by atoms with Gasteiger partial charge in [-0.1, -0.05) is 12.1 Å². The van der Waals surface area contributed by atoms with E-state index in [0.29, 0.717) is 6.54 Å². The van der Waals surface area contributed by atoms with Crippen molar-refractivity contribution in [2.75, 3.05) is 0 Å². The molecule has 98 valence electrons. The minimum absolute atomic E-state index is 0.0223. The van der Waals surface area contributed by atoms with Crippen molar-refractivity contribution in [3.05, 3.63) is 58.0 Å². The van der Waals surface area contributed by atoms with Crippen LogP contribution in [0, 0.1) is 6.92 Å². The molecule has 1 aromatic heterocycles. The molecule has 4 heteroatoms. The number of carbonyl (C=O) groups is 1. The van der Waals surface area contributed by atoms with Crippen LogP contribution in [-0.2, 0) is 6.54 Å². The number of benzene rings is 1. The smallest absolute Gasteiger partial charge is 0.335 e. The molecule has 0 atom stereocenters. The van der Waals surface area contributed by atoms with Crippen LogP contribution in [0.5, 0.6) is 0 Å². The summed E-state index contributed by atoms with van der Waals surface area (Å²) < 4.78 is 1.63. The van der Waals surface area contributed by atoms with Gasteiger partial charge in [-0.25, -0.2) is 4.79 Å². The molecule has 1 heterocycles. The van der Waals surface area contributed by atoms with Gasteiger partial charge in [0, 0.05) is 24.4 Å². The van der Waals surface area contributed by atoms with Crippen molar-refractivity contribution in [3.63, 3.8) is 0 Å². The number of pyridine rings is 1. The van der Waals surface area contributed by atoms with Crippen molar-refractivity contribution < 1.29 is 9.90 Å². The summed E-state index contributed by atoms with van der Waals surface area (Å²) in [5.74, 6) is -0.943. The van der Waals surface area contributed by atoms with Crippen LogP contribution in [0.1, 0.15) is 22.8 Å². The van der Waals surface area contributed by atoms with E-state index < -0.39 is 5.97 Å². The van der Waals surface area contributed by atoms with Gasteiger partial charge in [0.2, 0.25) is 0 Å². The van der Waals surface area contributed by atoms with E-state index >= 15 is 0 Å². The minimum Gasteiger partial charge on any atom is -0.478 e. The Kier molecular flexibility index (Phi) is 3.51. The third kappa shape index (κ3) is 2.57. The summed E-state index contributed by atoms with van der Waals surface area (Å²) in [5.41, 5.74) is 2.97. The molecule has 0 aliphatic carbocycles. The number of hydrogen-bond donors (Lipinski definition) is 1. The second kappa shape index (κ2) is 5.10. The Hall–Kier alpha value is -2.36. The molecular formula is C15H15NO3. The summed E-state index contributed by atoms with van der Waals surface area (Å²) in [7, 11) is 0. The average Bonchev–Trinajstić information content (AvgIpc) is 2.39. The molecule has 2 rings (SSSR count). The van der Waals surface area contributed by atoms with Gasteiger partial charge in [0.15, 0.2) is 0 Å². The van der Waals surface area contributed by atoms with Crippen LogP contribution in [0.4, 0.5) is 0 Å². The molecule has 0 aliphatic rings. The van der Waals surface area contributed by atoms with Gasteiger partial charge in [0.1, 0.15) is 0 Å². The van der Waals surface area contributed by atoms with Crippen LogP contribution in [0.2, 0.25) is 0 Å². The molecule has 19 heavy (non-hydrogen) atoms. The van der Waals surface area contributed by atoms with E-state index in [1.165, 1.54) is 0 Å². The molecule has 0 saturated carbocycles. The lowest BCUT2D eigenvalue weighted by Gasteiger charge is -2.10. The maximum atomic E-state index is 11.7. The summed E-state index contributed by atoms with van der Waals surface area (Å²) in [6.45, 7) is 4.40. The first-order chi connectivity index (χ1) is 9.02. The number of nitrogens with zero attached hydrogens (tertiary/aromatic N) is 1. The lowest BCUT2D eigenvalue weighted by atomic mass is 10.0. The topological polar surface area (TPSA) is 59.3 Å². The maximum absolute atomic E-state index is 11.7. The molecule has 1 aromatic carbocycles. The number of carboxylic acid groups (broad SMARTS) is 1. The summed E-state index contributed by atoms with van der Waals surface area (Å²) in [6.07, 6.45) is 1.81. The Morgan fingerprint density at radius 1 is 1.26 bits per heavy atom. The number of aromatic nitrogens is 1. The van der Waals surface area contributed by atoms with Crippen molar-refractivity contribution in [3.8, 4) is 11.1 Å². The fraction of sp³-hybridized carbons (Fsp3) is 0.200. The third-order valence-corrected chi connectivity index (χ3v) is 3.12. The summed E-state index contributed by atoms with van der Waals surface area (Å²) in [4.78, 5) is 22.5. The van der Waals surface area contributed by atoms with Crippen molar-refractivity contribution in [1.29, 1.82) is 0 Å². The zero-order valence-electron chi connectivity index (χ0n) is 10.9. The fourth-order valence-electron chi connectivity index (χ4n) is 2.01. The Balaban J connectivity index is 2.52. The van der Waals surface area contributed by atoms with Crippen molar-refractivity contribution in [1.82, 2.24) is 4.57 Å². The minimum atomic E-state index is -0.943. The van der Waals surface area contributed by atoms with Crippen molar-refractivity contribution in [2.45, 2.75) is 20.4 Å². The van der Waals surface area contributed by atoms with Gasteiger partial charge in [-0.05, 0) is 37.1 Å². The van der Waals surface area contributed by atoms with Crippen LogP contribution in [0.25, 0.3) is 11.1 Å². The highest BCUT2D eigenvalue weighted by Crippen LogP contribution is 2.22. The highest BCUT2D eigenvalue weighted by molar-refractivity contribution is 5.88. The van der Waals surface area contributed by atoms with Crippen molar-refractivity contribution in [2.24, 2.45) is 0 Å². The van der Waals surface area contributed by atoms with Crippen LogP contribution >= 0.6 is 0 Å². The highest BCUT2D eigenvalue weighted by Gasteiger charge is 2.07. The molecule has 0 spiro atoms. The summed E-state index contributed by atoms with van der Waals surface area (Å²) >= 11 is 0. The standard InChI is InChI=1S/C15H15NO3/c1-3-16-9-13(10(2)8-14(16)17)11-4-6-12(7-5-11)15(18)19/h4-9H,3H2,1-2H3,(H,18,19). The number of aromatic carboxylic acids is 1. The van der Waals surface area contributed by atoms with E-state index in [1.54, 1.807) is 34.9 Å². The first-order valence-corrected chi connectivity index (χ1v) is 6.07. The first kappa shape index (κ1) is 13.1. The zero-order valence-corrected chi connectivity index (χ0v) is 10.9. The molecule has 0 radical (unpaired) electrons. The molecule has 0 fully saturated rings. The highest BCUT2D eigenvalue weighted by atomic mass is 16.4. The SMILES string of the molecule is CCn1cc(-c2ccc(C(=O)O)cc2)c(C)cc1=O.